The number of carbonyl (C=O) groups is 1. The van der Waals surface area contributed by atoms with Crippen molar-refractivity contribution < 1.29 is 9.21 Å². The average Bonchev–Trinajstić information content (AvgIpc) is 3.40. The number of rotatable bonds is 5. The molecule has 1 amide bonds. The van der Waals surface area contributed by atoms with Gasteiger partial charge in [-0.15, -0.1) is 0 Å². The van der Waals surface area contributed by atoms with E-state index in [0.29, 0.717) is 11.7 Å². The lowest BCUT2D eigenvalue weighted by atomic mass is 9.85. The summed E-state index contributed by atoms with van der Waals surface area (Å²) in [6.07, 6.45) is 6.54. The number of thioether (sulfide) groups is 1. The Kier molecular flexibility index (Phi) is 6.65. The molecule has 0 radical (unpaired) electrons. The lowest BCUT2D eigenvalue weighted by Crippen LogP contribution is -2.48. The summed E-state index contributed by atoms with van der Waals surface area (Å²) in [5.41, 5.74) is 1.90. The lowest BCUT2D eigenvalue weighted by Gasteiger charge is -2.39. The SMILES string of the molecule is C[C@@H]1CCCC[C@H]1N1C(=O)/C(=C/c2ccc(-c3ccc(Br)cc3)o2)SC1Nc1ccccc1. The second kappa shape index (κ2) is 9.82. The van der Waals surface area contributed by atoms with Gasteiger partial charge in [0, 0.05) is 27.8 Å². The molecule has 1 aromatic heterocycles. The van der Waals surface area contributed by atoms with Gasteiger partial charge in [0.2, 0.25) is 0 Å². The van der Waals surface area contributed by atoms with Gasteiger partial charge in [0.25, 0.3) is 5.91 Å². The molecule has 6 heteroatoms. The van der Waals surface area contributed by atoms with Crippen LogP contribution in [-0.2, 0) is 4.79 Å². The Morgan fingerprint density at radius 1 is 1.03 bits per heavy atom. The zero-order chi connectivity index (χ0) is 22.8. The number of benzene rings is 2. The molecule has 1 saturated heterocycles. The molecule has 1 aliphatic carbocycles. The molecule has 2 aromatic carbocycles. The molecular weight excluding hydrogens is 496 g/mol. The first-order valence-electron chi connectivity index (χ1n) is 11.5. The molecule has 2 fully saturated rings. The lowest BCUT2D eigenvalue weighted by molar-refractivity contribution is -0.129. The van der Waals surface area contributed by atoms with Gasteiger partial charge in [-0.1, -0.05) is 77.8 Å². The predicted molar refractivity (Wildman–Crippen MR) is 140 cm³/mol. The third-order valence-electron chi connectivity index (χ3n) is 6.45. The molecule has 170 valence electrons. The molecule has 1 saturated carbocycles. The van der Waals surface area contributed by atoms with E-state index in [4.69, 9.17) is 4.42 Å². The average molecular weight is 523 g/mol. The number of nitrogens with one attached hydrogen (secondary N) is 1. The van der Waals surface area contributed by atoms with E-state index in [9.17, 15) is 4.79 Å². The number of anilines is 1. The summed E-state index contributed by atoms with van der Waals surface area (Å²) in [6.45, 7) is 2.28. The Labute approximate surface area is 207 Å². The van der Waals surface area contributed by atoms with Crippen molar-refractivity contribution in [3.05, 3.63) is 81.9 Å². The molecule has 0 spiro atoms. The molecule has 2 heterocycles. The van der Waals surface area contributed by atoms with Crippen LogP contribution in [0.3, 0.4) is 0 Å². The van der Waals surface area contributed by atoms with Crippen LogP contribution in [0.15, 0.2) is 80.5 Å². The minimum atomic E-state index is -0.127. The highest BCUT2D eigenvalue weighted by atomic mass is 79.9. The van der Waals surface area contributed by atoms with Crippen LogP contribution in [0, 0.1) is 5.92 Å². The van der Waals surface area contributed by atoms with Crippen LogP contribution < -0.4 is 5.32 Å². The molecule has 3 atom stereocenters. The summed E-state index contributed by atoms with van der Waals surface area (Å²) in [5, 5.41) is 3.58. The molecule has 1 N–H and O–H groups in total. The summed E-state index contributed by atoms with van der Waals surface area (Å²) in [7, 11) is 0. The van der Waals surface area contributed by atoms with Crippen LogP contribution in [0.4, 0.5) is 5.69 Å². The Bertz CT molecular complexity index is 1140. The fourth-order valence-electron chi connectivity index (χ4n) is 4.70. The molecular formula is C27H27BrN2O2S. The summed E-state index contributed by atoms with van der Waals surface area (Å²) >= 11 is 5.05. The van der Waals surface area contributed by atoms with Crippen molar-refractivity contribution in [1.82, 2.24) is 4.90 Å². The maximum atomic E-state index is 13.6. The zero-order valence-corrected chi connectivity index (χ0v) is 20.9. The summed E-state index contributed by atoms with van der Waals surface area (Å²) < 4.78 is 7.11. The highest BCUT2D eigenvalue weighted by Crippen LogP contribution is 2.42. The van der Waals surface area contributed by atoms with Crippen molar-refractivity contribution in [2.75, 3.05) is 5.32 Å². The van der Waals surface area contributed by atoms with Gasteiger partial charge in [0.15, 0.2) is 5.50 Å². The van der Waals surface area contributed by atoms with Gasteiger partial charge in [-0.3, -0.25) is 4.79 Å². The van der Waals surface area contributed by atoms with Gasteiger partial charge in [-0.25, -0.2) is 0 Å². The minimum absolute atomic E-state index is 0.0915. The van der Waals surface area contributed by atoms with Crippen LogP contribution in [-0.4, -0.2) is 22.3 Å². The molecule has 5 rings (SSSR count). The monoisotopic (exact) mass is 522 g/mol. The van der Waals surface area contributed by atoms with E-state index in [1.165, 1.54) is 19.3 Å². The summed E-state index contributed by atoms with van der Waals surface area (Å²) in [5.74, 6) is 2.08. The number of furan rings is 1. The molecule has 4 nitrogen and oxygen atoms in total. The molecule has 1 unspecified atom stereocenters. The molecule has 3 aromatic rings. The van der Waals surface area contributed by atoms with Crippen LogP contribution >= 0.6 is 27.7 Å². The number of hydrogen-bond acceptors (Lipinski definition) is 4. The topological polar surface area (TPSA) is 45.5 Å². The highest BCUT2D eigenvalue weighted by molar-refractivity contribution is 9.10. The predicted octanol–water partition coefficient (Wildman–Crippen LogP) is 7.60. The second-order valence-corrected chi connectivity index (χ2v) is 10.8. The van der Waals surface area contributed by atoms with Gasteiger partial charge >= 0.3 is 0 Å². The van der Waals surface area contributed by atoms with Crippen LogP contribution in [0.5, 0.6) is 0 Å². The maximum Gasteiger partial charge on any atom is 0.263 e. The number of para-hydroxylation sites is 1. The Morgan fingerprint density at radius 3 is 2.55 bits per heavy atom. The first-order chi connectivity index (χ1) is 16.1. The Hall–Kier alpha value is -2.44. The Morgan fingerprint density at radius 2 is 1.79 bits per heavy atom. The molecule has 2 aliphatic rings. The normalized spacial score (nSPS) is 24.4. The summed E-state index contributed by atoms with van der Waals surface area (Å²) in [6, 6.07) is 22.3. The highest BCUT2D eigenvalue weighted by Gasteiger charge is 2.43. The van der Waals surface area contributed by atoms with Crippen LogP contribution in [0.25, 0.3) is 17.4 Å². The van der Waals surface area contributed by atoms with Crippen molar-refractivity contribution in [3.8, 4) is 11.3 Å². The number of hydrogen-bond donors (Lipinski definition) is 1. The molecule has 1 aliphatic heterocycles. The standard InChI is InChI=1S/C27H27BrN2O2S/c1-18-7-5-6-10-23(18)30-26(31)25(33-27(30)29-21-8-3-2-4-9-21)17-22-15-16-24(32-22)19-11-13-20(28)14-12-19/h2-4,8-9,11-18,23,27,29H,5-7,10H2,1H3/b25-17-/t18-,23-,27?/m1/s1. The fourth-order valence-corrected chi connectivity index (χ4v) is 6.15. The molecule has 0 bridgehead atoms. The van der Waals surface area contributed by atoms with Crippen LogP contribution in [0.1, 0.15) is 38.4 Å². The van der Waals surface area contributed by atoms with E-state index in [-0.39, 0.29) is 17.4 Å². The third kappa shape index (κ3) is 4.92. The van der Waals surface area contributed by atoms with E-state index in [1.807, 2.05) is 72.8 Å². The Balaban J connectivity index is 1.42. The quantitative estimate of drug-likeness (QED) is 0.350. The van der Waals surface area contributed by atoms with Gasteiger partial charge in [0.1, 0.15) is 11.5 Å². The number of carbonyl (C=O) groups excluding carboxylic acids is 1. The van der Waals surface area contributed by atoms with E-state index in [1.54, 1.807) is 11.8 Å². The molecule has 33 heavy (non-hydrogen) atoms. The van der Waals surface area contributed by atoms with Crippen molar-refractivity contribution >= 4 is 45.4 Å². The first-order valence-corrected chi connectivity index (χ1v) is 13.1. The van der Waals surface area contributed by atoms with E-state index in [0.717, 1.165) is 32.8 Å². The second-order valence-electron chi connectivity index (χ2n) is 8.74. The van der Waals surface area contributed by atoms with Crippen molar-refractivity contribution in [1.29, 1.82) is 0 Å². The smallest absolute Gasteiger partial charge is 0.263 e. The summed E-state index contributed by atoms with van der Waals surface area (Å²) in [4.78, 5) is 16.4. The number of amides is 1. The number of nitrogens with zero attached hydrogens (tertiary/aromatic N) is 1. The first kappa shape index (κ1) is 22.4. The fraction of sp³-hybridized carbons (Fsp3) is 0.296. The minimum Gasteiger partial charge on any atom is -0.457 e. The van der Waals surface area contributed by atoms with Crippen molar-refractivity contribution in [2.45, 2.75) is 44.1 Å². The van der Waals surface area contributed by atoms with Crippen LogP contribution in [0.2, 0.25) is 0 Å². The van der Waals surface area contributed by atoms with Crippen molar-refractivity contribution in [2.24, 2.45) is 5.92 Å². The largest absolute Gasteiger partial charge is 0.457 e. The van der Waals surface area contributed by atoms with E-state index < -0.39 is 0 Å². The number of halogens is 1. The van der Waals surface area contributed by atoms with Gasteiger partial charge < -0.3 is 14.6 Å². The zero-order valence-electron chi connectivity index (χ0n) is 18.5. The van der Waals surface area contributed by atoms with Crippen molar-refractivity contribution in [3.63, 3.8) is 0 Å². The van der Waals surface area contributed by atoms with E-state index in [2.05, 4.69) is 33.1 Å². The van der Waals surface area contributed by atoms with E-state index >= 15 is 0 Å². The van der Waals surface area contributed by atoms with Gasteiger partial charge in [-0.05, 0) is 55.2 Å². The maximum absolute atomic E-state index is 13.6. The van der Waals surface area contributed by atoms with Gasteiger partial charge in [-0.2, -0.15) is 0 Å². The van der Waals surface area contributed by atoms with Gasteiger partial charge in [0.05, 0.1) is 4.91 Å². The third-order valence-corrected chi connectivity index (χ3v) is 8.10.